The number of nitrogens with one attached hydrogen (secondary N) is 1. The van der Waals surface area contributed by atoms with Crippen LogP contribution in [0.15, 0.2) is 34.3 Å². The van der Waals surface area contributed by atoms with Crippen LogP contribution in [0.3, 0.4) is 0 Å². The third-order valence-electron chi connectivity index (χ3n) is 4.80. The first-order valence-electron chi connectivity index (χ1n) is 9.46. The second-order valence-corrected chi connectivity index (χ2v) is 9.69. The molecule has 160 valence electrons. The van der Waals surface area contributed by atoms with Crippen LogP contribution in [0.1, 0.15) is 32.2 Å². The number of hydrogen-bond donors (Lipinski definition) is 2. The number of rotatable bonds is 7. The molecule has 12 heteroatoms. The zero-order chi connectivity index (χ0) is 21.7. The summed E-state index contributed by atoms with van der Waals surface area (Å²) >= 11 is 1.13. The van der Waals surface area contributed by atoms with E-state index in [4.69, 9.17) is 11.0 Å². The van der Waals surface area contributed by atoms with Crippen LogP contribution in [-0.4, -0.2) is 52.2 Å². The predicted octanol–water partition coefficient (Wildman–Crippen LogP) is 1.85. The molecule has 1 saturated heterocycles. The van der Waals surface area contributed by atoms with Gasteiger partial charge in [-0.05, 0) is 44.0 Å². The molecule has 0 bridgehead atoms. The van der Waals surface area contributed by atoms with E-state index in [9.17, 15) is 13.2 Å². The van der Waals surface area contributed by atoms with Crippen LogP contribution < -0.4 is 11.1 Å². The number of sulfonamides is 1. The third kappa shape index (κ3) is 4.75. The van der Waals surface area contributed by atoms with Gasteiger partial charge in [-0.3, -0.25) is 9.36 Å². The highest BCUT2D eigenvalue weighted by Crippen LogP contribution is 2.25. The van der Waals surface area contributed by atoms with E-state index in [1.54, 1.807) is 19.1 Å². The van der Waals surface area contributed by atoms with Crippen LogP contribution >= 0.6 is 11.8 Å². The highest BCUT2D eigenvalue weighted by Gasteiger charge is 2.26. The number of piperidine rings is 1. The number of nitriles is 1. The number of aromatic nitrogens is 3. The quantitative estimate of drug-likeness (QED) is 0.609. The van der Waals surface area contributed by atoms with Crippen LogP contribution in [-0.2, 0) is 14.8 Å². The Kier molecular flexibility index (Phi) is 6.96. The van der Waals surface area contributed by atoms with Crippen molar-refractivity contribution in [3.8, 4) is 6.07 Å². The first-order valence-corrected chi connectivity index (χ1v) is 11.9. The molecule has 30 heavy (non-hydrogen) atoms. The van der Waals surface area contributed by atoms with Crippen LogP contribution in [0.2, 0.25) is 0 Å². The van der Waals surface area contributed by atoms with Gasteiger partial charge in [0.1, 0.15) is 6.04 Å². The Morgan fingerprint density at radius 1 is 1.27 bits per heavy atom. The van der Waals surface area contributed by atoms with Crippen molar-refractivity contribution >= 4 is 39.3 Å². The summed E-state index contributed by atoms with van der Waals surface area (Å²) in [4.78, 5) is 12.9. The van der Waals surface area contributed by atoms with Crippen molar-refractivity contribution in [1.29, 1.82) is 5.26 Å². The van der Waals surface area contributed by atoms with Gasteiger partial charge in [-0.2, -0.15) is 9.57 Å². The van der Waals surface area contributed by atoms with Crippen LogP contribution in [0.25, 0.3) is 0 Å². The summed E-state index contributed by atoms with van der Waals surface area (Å²) in [6, 6.07) is 7.36. The maximum atomic E-state index is 12.7. The molecular formula is C18H23N7O3S2. The van der Waals surface area contributed by atoms with Crippen molar-refractivity contribution in [2.24, 2.45) is 0 Å². The van der Waals surface area contributed by atoms with Crippen LogP contribution in [0.5, 0.6) is 0 Å². The van der Waals surface area contributed by atoms with Crippen LogP contribution in [0, 0.1) is 11.3 Å². The molecule has 1 amide bonds. The summed E-state index contributed by atoms with van der Waals surface area (Å²) in [6.45, 7) is 2.70. The molecule has 1 fully saturated rings. The number of carbonyl (C=O) groups is 1. The topological polar surface area (TPSA) is 147 Å². The molecule has 3 N–H and O–H groups in total. The lowest BCUT2D eigenvalue weighted by Crippen LogP contribution is -2.35. The Bertz CT molecular complexity index is 1040. The lowest BCUT2D eigenvalue weighted by atomic mass is 10.2. The monoisotopic (exact) mass is 449 g/mol. The van der Waals surface area contributed by atoms with Gasteiger partial charge in [-0.15, -0.1) is 10.2 Å². The molecule has 2 aromatic rings. The number of nitrogens with two attached hydrogens (primary N) is 1. The van der Waals surface area contributed by atoms with Gasteiger partial charge < -0.3 is 11.1 Å². The van der Waals surface area contributed by atoms with Gasteiger partial charge in [0.25, 0.3) is 0 Å². The summed E-state index contributed by atoms with van der Waals surface area (Å²) in [5.41, 5.74) is 6.29. The van der Waals surface area contributed by atoms with Gasteiger partial charge in [0.05, 0.1) is 16.7 Å². The number of thioether (sulfide) groups is 1. The van der Waals surface area contributed by atoms with E-state index in [-0.39, 0.29) is 22.5 Å². The smallest absolute Gasteiger partial charge is 0.247 e. The van der Waals surface area contributed by atoms with Crippen molar-refractivity contribution in [3.63, 3.8) is 0 Å². The fraction of sp³-hybridized carbons (Fsp3) is 0.444. The van der Waals surface area contributed by atoms with Gasteiger partial charge in [-0.25, -0.2) is 8.42 Å². The molecule has 0 radical (unpaired) electrons. The van der Waals surface area contributed by atoms with Gasteiger partial charge in [0, 0.05) is 18.8 Å². The van der Waals surface area contributed by atoms with Gasteiger partial charge in [0.15, 0.2) is 5.16 Å². The molecule has 0 aliphatic carbocycles. The van der Waals surface area contributed by atoms with E-state index < -0.39 is 16.1 Å². The molecule has 2 heterocycles. The van der Waals surface area contributed by atoms with Gasteiger partial charge in [0.2, 0.25) is 21.9 Å². The standard InChI is InChI=1S/C18H23N7O3S2/c1-13(25-17(20)22-23-18(25)29-12-9-19)16(26)21-14-5-7-15(8-6-14)30(27,28)24-10-3-2-4-11-24/h5-8,13H,2-4,10-12H2,1H3,(H2,20,22)(H,21,26). The van der Waals surface area contributed by atoms with E-state index in [1.807, 2.05) is 6.07 Å². The molecule has 10 nitrogen and oxygen atoms in total. The molecule has 1 aliphatic rings. The highest BCUT2D eigenvalue weighted by molar-refractivity contribution is 7.99. The molecule has 1 aliphatic heterocycles. The molecule has 1 atom stereocenters. The molecule has 1 aromatic heterocycles. The van der Waals surface area contributed by atoms with E-state index >= 15 is 0 Å². The minimum atomic E-state index is -3.52. The number of hydrogen-bond acceptors (Lipinski definition) is 8. The van der Waals surface area contributed by atoms with E-state index in [0.29, 0.717) is 23.9 Å². The summed E-state index contributed by atoms with van der Waals surface area (Å²) in [5, 5.41) is 19.5. The maximum absolute atomic E-state index is 12.7. The minimum Gasteiger partial charge on any atom is -0.368 e. The van der Waals surface area contributed by atoms with Crippen molar-refractivity contribution in [1.82, 2.24) is 19.1 Å². The molecule has 1 unspecified atom stereocenters. The number of nitrogen functional groups attached to an aromatic ring is 1. The Labute approximate surface area is 179 Å². The second kappa shape index (κ2) is 9.46. The Hall–Kier alpha value is -2.62. The lowest BCUT2D eigenvalue weighted by Gasteiger charge is -2.25. The van der Waals surface area contributed by atoms with Crippen molar-refractivity contribution in [2.75, 3.05) is 29.9 Å². The average molecular weight is 450 g/mol. The number of benzene rings is 1. The number of amides is 1. The van der Waals surface area contributed by atoms with Crippen molar-refractivity contribution in [2.45, 2.75) is 42.3 Å². The average Bonchev–Trinajstić information content (AvgIpc) is 3.12. The summed E-state index contributed by atoms with van der Waals surface area (Å²) < 4.78 is 28.4. The Morgan fingerprint density at radius 3 is 2.57 bits per heavy atom. The first-order chi connectivity index (χ1) is 14.3. The summed E-state index contributed by atoms with van der Waals surface area (Å²) in [6.07, 6.45) is 2.78. The zero-order valence-corrected chi connectivity index (χ0v) is 18.1. The molecule has 0 spiro atoms. The largest absolute Gasteiger partial charge is 0.368 e. The number of anilines is 2. The summed E-state index contributed by atoms with van der Waals surface area (Å²) in [7, 11) is -3.52. The van der Waals surface area contributed by atoms with Gasteiger partial charge in [-0.1, -0.05) is 18.2 Å². The lowest BCUT2D eigenvalue weighted by molar-refractivity contribution is -0.118. The Balaban J connectivity index is 1.70. The molecule has 3 rings (SSSR count). The number of carbonyl (C=O) groups excluding carboxylic acids is 1. The van der Waals surface area contributed by atoms with E-state index in [0.717, 1.165) is 31.0 Å². The predicted molar refractivity (Wildman–Crippen MR) is 113 cm³/mol. The number of nitrogens with zero attached hydrogens (tertiary/aromatic N) is 5. The molecule has 0 saturated carbocycles. The van der Waals surface area contributed by atoms with Gasteiger partial charge >= 0.3 is 0 Å². The van der Waals surface area contributed by atoms with E-state index in [2.05, 4.69) is 15.5 Å². The fourth-order valence-electron chi connectivity index (χ4n) is 3.18. The third-order valence-corrected chi connectivity index (χ3v) is 7.52. The fourth-order valence-corrected chi connectivity index (χ4v) is 5.38. The van der Waals surface area contributed by atoms with E-state index in [1.165, 1.54) is 21.0 Å². The normalized spacial score (nSPS) is 16.0. The SMILES string of the molecule is CC(C(=O)Nc1ccc(S(=O)(=O)N2CCCCC2)cc1)n1c(N)nnc1SCC#N. The maximum Gasteiger partial charge on any atom is 0.247 e. The molecule has 1 aromatic carbocycles. The summed E-state index contributed by atoms with van der Waals surface area (Å²) in [5.74, 6) is -0.146. The van der Waals surface area contributed by atoms with Crippen molar-refractivity contribution < 1.29 is 13.2 Å². The van der Waals surface area contributed by atoms with Crippen LogP contribution in [0.4, 0.5) is 11.6 Å². The second-order valence-electron chi connectivity index (χ2n) is 6.81. The Morgan fingerprint density at radius 2 is 1.93 bits per heavy atom. The van der Waals surface area contributed by atoms with Crippen molar-refractivity contribution in [3.05, 3.63) is 24.3 Å². The molecular weight excluding hydrogens is 426 g/mol. The minimum absolute atomic E-state index is 0.0704. The first kappa shape index (κ1) is 22.1. The zero-order valence-electron chi connectivity index (χ0n) is 16.5. The highest BCUT2D eigenvalue weighted by atomic mass is 32.2.